The number of hydrogen-bond donors (Lipinski definition) is 1. The van der Waals surface area contributed by atoms with Gasteiger partial charge in [0.1, 0.15) is 0 Å². The average molecular weight is 365 g/mol. The zero-order valence-electron chi connectivity index (χ0n) is 14.9. The Balaban J connectivity index is 1.61. The standard InChI is InChI=1S/C19H28N2O3S/c1-15(22)21-13-11-18(12-14-21)20-25(23,24)19-9-7-17(8-10-19)16-5-3-2-4-6-16/h7-10,16,18,20H,2-6,11-14H2,1H3. The van der Waals surface area contributed by atoms with E-state index in [-0.39, 0.29) is 11.9 Å². The van der Waals surface area contributed by atoms with Crippen LogP contribution in [-0.2, 0) is 14.8 Å². The first-order valence-corrected chi connectivity index (χ1v) is 10.8. The predicted octanol–water partition coefficient (Wildman–Crippen LogP) is 3.02. The molecule has 5 nitrogen and oxygen atoms in total. The van der Waals surface area contributed by atoms with Gasteiger partial charge < -0.3 is 4.90 Å². The number of nitrogens with one attached hydrogen (secondary N) is 1. The molecule has 0 spiro atoms. The molecule has 2 aliphatic rings. The average Bonchev–Trinajstić information content (AvgIpc) is 2.63. The summed E-state index contributed by atoms with van der Waals surface area (Å²) in [7, 11) is -3.50. The third kappa shape index (κ3) is 4.61. The van der Waals surface area contributed by atoms with Gasteiger partial charge in [-0.2, -0.15) is 0 Å². The Morgan fingerprint density at radius 1 is 1.00 bits per heavy atom. The second-order valence-electron chi connectivity index (χ2n) is 7.31. The maximum atomic E-state index is 12.6. The first kappa shape index (κ1) is 18.4. The van der Waals surface area contributed by atoms with Crippen molar-refractivity contribution in [2.45, 2.75) is 68.7 Å². The number of benzene rings is 1. The maximum Gasteiger partial charge on any atom is 0.240 e. The molecule has 1 saturated heterocycles. The topological polar surface area (TPSA) is 66.5 Å². The molecular formula is C19H28N2O3S. The monoisotopic (exact) mass is 364 g/mol. The molecular weight excluding hydrogens is 336 g/mol. The van der Waals surface area contributed by atoms with Crippen LogP contribution in [0.25, 0.3) is 0 Å². The molecule has 138 valence electrons. The fourth-order valence-corrected chi connectivity index (χ4v) is 5.26. The number of piperidine rings is 1. The maximum absolute atomic E-state index is 12.6. The molecule has 0 atom stereocenters. The smallest absolute Gasteiger partial charge is 0.240 e. The van der Waals surface area contributed by atoms with Gasteiger partial charge in [-0.3, -0.25) is 4.79 Å². The van der Waals surface area contributed by atoms with Crippen molar-refractivity contribution in [1.82, 2.24) is 9.62 Å². The minimum atomic E-state index is -3.50. The Labute approximate surface area is 150 Å². The van der Waals surface area contributed by atoms with Crippen LogP contribution in [0, 0.1) is 0 Å². The van der Waals surface area contributed by atoms with Crippen LogP contribution in [-0.4, -0.2) is 38.4 Å². The van der Waals surface area contributed by atoms with Crippen molar-refractivity contribution < 1.29 is 13.2 Å². The third-order valence-corrected chi connectivity index (χ3v) is 7.07. The van der Waals surface area contributed by atoms with E-state index < -0.39 is 10.0 Å². The Morgan fingerprint density at radius 3 is 2.16 bits per heavy atom. The van der Waals surface area contributed by atoms with Crippen molar-refractivity contribution in [2.75, 3.05) is 13.1 Å². The highest BCUT2D eigenvalue weighted by Crippen LogP contribution is 2.32. The molecule has 0 aromatic heterocycles. The Kier molecular flexibility index (Phi) is 5.79. The SMILES string of the molecule is CC(=O)N1CCC(NS(=O)(=O)c2ccc(C3CCCCC3)cc2)CC1. The Morgan fingerprint density at radius 2 is 1.60 bits per heavy atom. The molecule has 1 aliphatic carbocycles. The molecule has 1 heterocycles. The molecule has 0 unspecified atom stereocenters. The van der Waals surface area contributed by atoms with Gasteiger partial charge in [-0.25, -0.2) is 13.1 Å². The van der Waals surface area contributed by atoms with Crippen LogP contribution in [0.3, 0.4) is 0 Å². The lowest BCUT2D eigenvalue weighted by Crippen LogP contribution is -2.45. The normalized spacial score (nSPS) is 20.6. The molecule has 25 heavy (non-hydrogen) atoms. The molecule has 1 aromatic rings. The molecule has 1 aliphatic heterocycles. The molecule has 1 N–H and O–H groups in total. The summed E-state index contributed by atoms with van der Waals surface area (Å²) in [4.78, 5) is 13.5. The second kappa shape index (κ2) is 7.87. The summed E-state index contributed by atoms with van der Waals surface area (Å²) in [5.41, 5.74) is 1.26. The first-order valence-electron chi connectivity index (χ1n) is 9.33. The number of sulfonamides is 1. The highest BCUT2D eigenvalue weighted by molar-refractivity contribution is 7.89. The minimum absolute atomic E-state index is 0.0552. The van der Waals surface area contributed by atoms with E-state index in [0.717, 1.165) is 0 Å². The van der Waals surface area contributed by atoms with E-state index in [1.54, 1.807) is 24.0 Å². The zero-order valence-corrected chi connectivity index (χ0v) is 15.7. The van der Waals surface area contributed by atoms with Gasteiger partial charge in [0.05, 0.1) is 4.90 Å². The number of hydrogen-bond acceptors (Lipinski definition) is 3. The van der Waals surface area contributed by atoms with Crippen LogP contribution in [0.1, 0.15) is 63.4 Å². The number of carbonyl (C=O) groups is 1. The van der Waals surface area contributed by atoms with E-state index in [4.69, 9.17) is 0 Å². The van der Waals surface area contributed by atoms with Crippen molar-refractivity contribution in [1.29, 1.82) is 0 Å². The highest BCUT2D eigenvalue weighted by Gasteiger charge is 2.25. The minimum Gasteiger partial charge on any atom is -0.343 e. The van der Waals surface area contributed by atoms with E-state index >= 15 is 0 Å². The zero-order chi connectivity index (χ0) is 17.9. The summed E-state index contributed by atoms with van der Waals surface area (Å²) in [5.74, 6) is 0.633. The quantitative estimate of drug-likeness (QED) is 0.893. The van der Waals surface area contributed by atoms with Gasteiger partial charge in [0.2, 0.25) is 15.9 Å². The number of amides is 1. The van der Waals surface area contributed by atoms with Gasteiger partial charge in [0.25, 0.3) is 0 Å². The lowest BCUT2D eigenvalue weighted by atomic mass is 9.84. The van der Waals surface area contributed by atoms with E-state index in [1.165, 1.54) is 37.7 Å². The summed E-state index contributed by atoms with van der Waals surface area (Å²) < 4.78 is 28.0. The van der Waals surface area contributed by atoms with Crippen molar-refractivity contribution in [3.63, 3.8) is 0 Å². The fourth-order valence-electron chi connectivity index (χ4n) is 3.95. The third-order valence-electron chi connectivity index (χ3n) is 5.53. The fraction of sp³-hybridized carbons (Fsp3) is 0.632. The highest BCUT2D eigenvalue weighted by atomic mass is 32.2. The van der Waals surface area contributed by atoms with Gasteiger partial charge in [-0.05, 0) is 49.3 Å². The molecule has 3 rings (SSSR count). The first-order chi connectivity index (χ1) is 12.0. The van der Waals surface area contributed by atoms with Gasteiger partial charge >= 0.3 is 0 Å². The number of rotatable bonds is 4. The van der Waals surface area contributed by atoms with Crippen LogP contribution in [0.15, 0.2) is 29.2 Å². The van der Waals surface area contributed by atoms with Crippen LogP contribution in [0.5, 0.6) is 0 Å². The van der Waals surface area contributed by atoms with Gasteiger partial charge in [0, 0.05) is 26.1 Å². The van der Waals surface area contributed by atoms with Crippen molar-refractivity contribution in [3.8, 4) is 0 Å². The number of nitrogens with zero attached hydrogens (tertiary/aromatic N) is 1. The molecule has 6 heteroatoms. The Hall–Kier alpha value is -1.40. The van der Waals surface area contributed by atoms with Gasteiger partial charge in [-0.1, -0.05) is 31.4 Å². The van der Waals surface area contributed by atoms with Crippen LogP contribution in [0.4, 0.5) is 0 Å². The summed E-state index contributed by atoms with van der Waals surface area (Å²) in [6, 6.07) is 7.32. The predicted molar refractivity (Wildman–Crippen MR) is 97.9 cm³/mol. The van der Waals surface area contributed by atoms with Crippen molar-refractivity contribution in [3.05, 3.63) is 29.8 Å². The van der Waals surface area contributed by atoms with Crippen LogP contribution >= 0.6 is 0 Å². The molecule has 0 radical (unpaired) electrons. The summed E-state index contributed by atoms with van der Waals surface area (Å²) in [6.45, 7) is 2.78. The second-order valence-corrected chi connectivity index (χ2v) is 9.02. The van der Waals surface area contributed by atoms with E-state index in [1.807, 2.05) is 12.1 Å². The molecule has 2 fully saturated rings. The number of likely N-dealkylation sites (tertiary alicyclic amines) is 1. The summed E-state index contributed by atoms with van der Waals surface area (Å²) in [5, 5.41) is 0. The van der Waals surface area contributed by atoms with E-state index in [9.17, 15) is 13.2 Å². The number of carbonyl (C=O) groups excluding carboxylic acids is 1. The summed E-state index contributed by atoms with van der Waals surface area (Å²) >= 11 is 0. The van der Waals surface area contributed by atoms with E-state index in [2.05, 4.69) is 4.72 Å². The van der Waals surface area contributed by atoms with Crippen LogP contribution in [0.2, 0.25) is 0 Å². The van der Waals surface area contributed by atoms with E-state index in [0.29, 0.717) is 36.7 Å². The van der Waals surface area contributed by atoms with Crippen molar-refractivity contribution >= 4 is 15.9 Å². The lowest BCUT2D eigenvalue weighted by Gasteiger charge is -2.31. The van der Waals surface area contributed by atoms with Gasteiger partial charge in [0.15, 0.2) is 0 Å². The van der Waals surface area contributed by atoms with Gasteiger partial charge in [-0.15, -0.1) is 0 Å². The largest absolute Gasteiger partial charge is 0.343 e. The van der Waals surface area contributed by atoms with Crippen LogP contribution < -0.4 is 4.72 Å². The Bertz CT molecular complexity index is 686. The molecule has 1 aromatic carbocycles. The van der Waals surface area contributed by atoms with Crippen molar-refractivity contribution in [2.24, 2.45) is 0 Å². The lowest BCUT2D eigenvalue weighted by molar-refractivity contribution is -0.129. The molecule has 1 saturated carbocycles. The molecule has 0 bridgehead atoms. The summed E-state index contributed by atoms with van der Waals surface area (Å²) in [6.07, 6.45) is 7.60. The molecule has 1 amide bonds.